The minimum atomic E-state index is -4.04. The highest BCUT2D eigenvalue weighted by Gasteiger charge is 2.35. The number of halogens is 2. The van der Waals surface area contributed by atoms with Crippen LogP contribution in [0.15, 0.2) is 118 Å². The summed E-state index contributed by atoms with van der Waals surface area (Å²) in [5, 5.41) is 10.2. The molecular weight excluding hydrogens is 735 g/mol. The molecular formula is C43H42F2N6O2S2. The topological polar surface area (TPSA) is 87.6 Å². The number of aryl methyl sites for hydroxylation is 2. The van der Waals surface area contributed by atoms with E-state index in [1.165, 1.54) is 18.3 Å². The SMILES string of the molecule is Cc1ccc(S(=O)(=O)n2ccc3c4c(c(F)cc32)Sc2ccc(F)c(c2)-c2nc(nn2C)C(C)(c2ccccc2)CCCCC(C)(C)c2cnn(c2)C4)cc1. The van der Waals surface area contributed by atoms with E-state index in [1.807, 2.05) is 37.5 Å². The molecule has 0 saturated carbocycles. The summed E-state index contributed by atoms with van der Waals surface area (Å²) >= 11 is 1.15. The molecule has 1 aliphatic heterocycles. The smallest absolute Gasteiger partial charge is 0.268 e. The van der Waals surface area contributed by atoms with E-state index in [9.17, 15) is 8.42 Å². The predicted octanol–water partition coefficient (Wildman–Crippen LogP) is 9.81. The van der Waals surface area contributed by atoms with Crippen molar-refractivity contribution in [1.29, 1.82) is 0 Å². The average molecular weight is 777 g/mol. The van der Waals surface area contributed by atoms with Crippen molar-refractivity contribution in [1.82, 2.24) is 28.5 Å². The van der Waals surface area contributed by atoms with Gasteiger partial charge in [0.1, 0.15) is 11.6 Å². The van der Waals surface area contributed by atoms with Crippen molar-refractivity contribution in [2.75, 3.05) is 0 Å². The molecule has 0 radical (unpaired) electrons. The highest BCUT2D eigenvalue weighted by molar-refractivity contribution is 7.99. The van der Waals surface area contributed by atoms with Crippen LogP contribution in [0.5, 0.6) is 0 Å². The molecule has 8 rings (SSSR count). The van der Waals surface area contributed by atoms with Gasteiger partial charge in [0.05, 0.1) is 39.0 Å². The molecule has 0 N–H and O–H groups in total. The van der Waals surface area contributed by atoms with Crippen LogP contribution in [0, 0.1) is 18.6 Å². The van der Waals surface area contributed by atoms with Crippen molar-refractivity contribution in [2.24, 2.45) is 7.05 Å². The number of hydrogen-bond donors (Lipinski definition) is 0. The van der Waals surface area contributed by atoms with Crippen LogP contribution in [0.1, 0.15) is 74.5 Å². The zero-order valence-corrected chi connectivity index (χ0v) is 33.1. The Bertz CT molecular complexity index is 2670. The van der Waals surface area contributed by atoms with E-state index < -0.39 is 27.1 Å². The van der Waals surface area contributed by atoms with Crippen molar-refractivity contribution >= 4 is 32.7 Å². The Morgan fingerprint density at radius 1 is 0.855 bits per heavy atom. The van der Waals surface area contributed by atoms with Gasteiger partial charge in [-0.1, -0.05) is 86.5 Å². The molecule has 0 amide bonds. The number of nitrogens with zero attached hydrogens (tertiary/aromatic N) is 6. The van der Waals surface area contributed by atoms with Crippen LogP contribution >= 0.6 is 11.8 Å². The molecule has 282 valence electrons. The second kappa shape index (κ2) is 13.9. The van der Waals surface area contributed by atoms with Gasteiger partial charge in [-0.3, -0.25) is 4.68 Å². The molecule has 1 aliphatic rings. The van der Waals surface area contributed by atoms with Crippen LogP contribution < -0.4 is 0 Å². The normalized spacial score (nSPS) is 17.7. The fourth-order valence-electron chi connectivity index (χ4n) is 7.63. The summed E-state index contributed by atoms with van der Waals surface area (Å²) in [5.41, 5.74) is 3.35. The number of rotatable bonds is 3. The van der Waals surface area contributed by atoms with Crippen molar-refractivity contribution in [3.8, 4) is 11.4 Å². The zero-order valence-electron chi connectivity index (χ0n) is 31.4. The largest absolute Gasteiger partial charge is 0.268 e. The number of fused-ring (bicyclic) bond motifs is 10. The van der Waals surface area contributed by atoms with Crippen LogP contribution in [0.25, 0.3) is 22.3 Å². The van der Waals surface area contributed by atoms with Crippen molar-refractivity contribution < 1.29 is 17.2 Å². The van der Waals surface area contributed by atoms with E-state index in [1.54, 1.807) is 58.9 Å². The molecule has 3 aromatic heterocycles. The molecule has 1 unspecified atom stereocenters. The molecule has 12 heteroatoms. The molecule has 8 nitrogen and oxygen atoms in total. The van der Waals surface area contributed by atoms with Crippen molar-refractivity contribution in [3.63, 3.8) is 0 Å². The summed E-state index contributed by atoms with van der Waals surface area (Å²) < 4.78 is 64.8. The van der Waals surface area contributed by atoms with Crippen LogP contribution in [0.2, 0.25) is 0 Å². The van der Waals surface area contributed by atoms with Gasteiger partial charge in [-0.05, 0) is 85.2 Å². The maximum Gasteiger partial charge on any atom is 0.268 e. The Morgan fingerprint density at radius 3 is 2.36 bits per heavy atom. The lowest BCUT2D eigenvalue weighted by molar-refractivity contribution is 0.407. The Labute approximate surface area is 324 Å². The first-order valence-electron chi connectivity index (χ1n) is 18.4. The first kappa shape index (κ1) is 36.9. The van der Waals surface area contributed by atoms with Crippen molar-refractivity contribution in [2.45, 2.75) is 85.4 Å². The maximum absolute atomic E-state index is 16.7. The highest BCUT2D eigenvalue weighted by Crippen LogP contribution is 2.42. The minimum absolute atomic E-state index is 0.105. The molecule has 4 heterocycles. The van der Waals surface area contributed by atoms with Gasteiger partial charge in [0.25, 0.3) is 10.0 Å². The van der Waals surface area contributed by atoms with E-state index in [4.69, 9.17) is 15.2 Å². The molecule has 6 bridgehead atoms. The molecule has 1 atom stereocenters. The molecule has 0 spiro atoms. The van der Waals surface area contributed by atoms with E-state index in [0.717, 1.165) is 58.1 Å². The first-order valence-corrected chi connectivity index (χ1v) is 20.6. The van der Waals surface area contributed by atoms with Crippen molar-refractivity contribution in [3.05, 3.63) is 143 Å². The summed E-state index contributed by atoms with van der Waals surface area (Å²) in [5.74, 6) is -0.0967. The fraction of sp³-hybridized carbons (Fsp3) is 0.279. The van der Waals surface area contributed by atoms with E-state index in [2.05, 4.69) is 32.9 Å². The maximum atomic E-state index is 16.7. The van der Waals surface area contributed by atoms with E-state index in [0.29, 0.717) is 32.4 Å². The fourth-order valence-corrected chi connectivity index (χ4v) is 9.97. The number of benzene rings is 4. The summed E-state index contributed by atoms with van der Waals surface area (Å²) in [6.45, 7) is 8.63. The lowest BCUT2D eigenvalue weighted by Crippen LogP contribution is -2.26. The Balaban J connectivity index is 1.30. The zero-order chi connectivity index (χ0) is 38.7. The van der Waals surface area contributed by atoms with Gasteiger partial charge in [0.15, 0.2) is 11.6 Å². The van der Waals surface area contributed by atoms with Gasteiger partial charge in [0.2, 0.25) is 0 Å². The van der Waals surface area contributed by atoms with Gasteiger partial charge >= 0.3 is 0 Å². The summed E-state index contributed by atoms with van der Waals surface area (Å²) in [7, 11) is -2.27. The van der Waals surface area contributed by atoms with Gasteiger partial charge in [-0.15, -0.1) is 0 Å². The highest BCUT2D eigenvalue weighted by atomic mass is 32.2. The summed E-state index contributed by atoms with van der Waals surface area (Å²) in [6, 6.07) is 24.4. The quantitative estimate of drug-likeness (QED) is 0.178. The lowest BCUT2D eigenvalue weighted by Gasteiger charge is -2.29. The van der Waals surface area contributed by atoms with E-state index in [-0.39, 0.29) is 27.9 Å². The molecule has 7 aromatic rings. The van der Waals surface area contributed by atoms with Gasteiger partial charge in [-0.25, -0.2) is 30.8 Å². The second-order valence-electron chi connectivity index (χ2n) is 15.4. The van der Waals surface area contributed by atoms with Crippen LogP contribution in [0.3, 0.4) is 0 Å². The Morgan fingerprint density at radius 2 is 1.60 bits per heavy atom. The standard InChI is InChI=1S/C43H42F2N6O2S2/c1-28-13-16-32(17-14-28)55(52,53)51-22-19-33-35-27-50-26-30(25-46-50)42(2,3)20-9-10-21-43(4,29-11-7-6-8-12-29)41-47-40(49(5)48-41)34-23-31(15-18-36(34)44)54-39(35)37(45)24-38(33)51/h6-8,11-19,22-26H,9-10,20-21,27H2,1-5H3. The molecule has 0 fully saturated rings. The third kappa shape index (κ3) is 6.69. The average Bonchev–Trinajstić information content (AvgIpc) is 3.92. The first-order chi connectivity index (χ1) is 26.2. The monoisotopic (exact) mass is 776 g/mol. The third-order valence-electron chi connectivity index (χ3n) is 11.1. The molecule has 0 aliphatic carbocycles. The third-order valence-corrected chi connectivity index (χ3v) is 13.9. The second-order valence-corrected chi connectivity index (χ2v) is 18.3. The molecule has 0 saturated heterocycles. The van der Waals surface area contributed by atoms with Crippen LogP contribution in [-0.2, 0) is 34.4 Å². The molecule has 55 heavy (non-hydrogen) atoms. The Kier molecular flexibility index (Phi) is 9.32. The number of aromatic nitrogens is 6. The van der Waals surface area contributed by atoms with Crippen LogP contribution in [-0.4, -0.2) is 36.9 Å². The Hall–Kier alpha value is -5.07. The molecule has 4 aromatic carbocycles. The predicted molar refractivity (Wildman–Crippen MR) is 212 cm³/mol. The van der Waals surface area contributed by atoms with Crippen LogP contribution in [0.4, 0.5) is 8.78 Å². The summed E-state index contributed by atoms with van der Waals surface area (Å²) in [4.78, 5) is 5.98. The number of hydrogen-bond acceptors (Lipinski definition) is 6. The lowest BCUT2D eigenvalue weighted by atomic mass is 9.76. The van der Waals surface area contributed by atoms with Gasteiger partial charge < -0.3 is 0 Å². The summed E-state index contributed by atoms with van der Waals surface area (Å²) in [6.07, 6.45) is 8.87. The minimum Gasteiger partial charge on any atom is -0.268 e. The van der Waals surface area contributed by atoms with Gasteiger partial charge in [-0.2, -0.15) is 10.2 Å². The van der Waals surface area contributed by atoms with Gasteiger partial charge in [0, 0.05) is 35.8 Å². The van der Waals surface area contributed by atoms with E-state index >= 15 is 8.78 Å².